The summed E-state index contributed by atoms with van der Waals surface area (Å²) in [6.45, 7) is 6.12. The lowest BCUT2D eigenvalue weighted by molar-refractivity contribution is -0.116. The molecule has 0 unspecified atom stereocenters. The van der Waals surface area contributed by atoms with Gasteiger partial charge in [0.2, 0.25) is 5.91 Å². The summed E-state index contributed by atoms with van der Waals surface area (Å²) in [5.41, 5.74) is 6.73. The van der Waals surface area contributed by atoms with Crippen LogP contribution < -0.4 is 5.32 Å². The van der Waals surface area contributed by atoms with Crippen molar-refractivity contribution in [3.8, 4) is 5.00 Å². The van der Waals surface area contributed by atoms with Crippen LogP contribution in [-0.2, 0) is 27.5 Å². The van der Waals surface area contributed by atoms with E-state index in [9.17, 15) is 9.35 Å². The highest BCUT2D eigenvalue weighted by Crippen LogP contribution is 2.39. The zero-order valence-corrected chi connectivity index (χ0v) is 22.9. The highest BCUT2D eigenvalue weighted by Gasteiger charge is 2.32. The van der Waals surface area contributed by atoms with Gasteiger partial charge in [0.1, 0.15) is 28.4 Å². The number of fused-ring (bicyclic) bond motifs is 4. The fourth-order valence-electron chi connectivity index (χ4n) is 4.90. The molecule has 10 heteroatoms. The third-order valence-electron chi connectivity index (χ3n) is 6.86. The van der Waals surface area contributed by atoms with Crippen LogP contribution in [0.15, 0.2) is 47.5 Å². The molecule has 1 N–H and O–H groups in total. The Morgan fingerprint density at radius 3 is 2.68 bits per heavy atom. The van der Waals surface area contributed by atoms with E-state index in [4.69, 9.17) is 16.6 Å². The van der Waals surface area contributed by atoms with E-state index in [2.05, 4.69) is 29.4 Å². The molecule has 6 rings (SSSR count). The van der Waals surface area contributed by atoms with Crippen LogP contribution in [0.5, 0.6) is 0 Å². The largest absolute Gasteiger partial charge is 0.616 e. The van der Waals surface area contributed by atoms with Gasteiger partial charge in [0, 0.05) is 37.8 Å². The number of nitrogens with one attached hydrogen (secondary N) is 1. The van der Waals surface area contributed by atoms with Gasteiger partial charge in [-0.05, 0) is 61.8 Å². The Morgan fingerprint density at radius 2 is 1.89 bits per heavy atom. The number of thiophene rings is 1. The molecule has 2 aromatic carbocycles. The van der Waals surface area contributed by atoms with Crippen LogP contribution in [0.2, 0.25) is 5.02 Å². The van der Waals surface area contributed by atoms with Gasteiger partial charge in [0.05, 0.1) is 12.1 Å². The average molecular weight is 550 g/mol. The molecule has 4 aromatic rings. The highest BCUT2D eigenvalue weighted by atomic mass is 35.5. The number of aliphatic imine (C=N–C) groups is 1. The summed E-state index contributed by atoms with van der Waals surface area (Å²) in [7, 11) is 0. The standard InChI is InChI=1S/C27H24ClN5O2S2/c1-14-15(2)36-27-24(14)25(17-4-7-20(28)8-5-17)30-22(26-32-31-16(3)33(26)27)11-23(34)29-21-9-6-18-12-37(35)13-19(18)10-21/h4-10,22H,11-13H2,1-3H3,(H,29,34)/t22-,37+/m0/s1. The van der Waals surface area contributed by atoms with Gasteiger partial charge in [-0.1, -0.05) is 29.8 Å². The number of carbonyl (C=O) groups is 1. The van der Waals surface area contributed by atoms with Crippen molar-refractivity contribution in [2.75, 3.05) is 5.32 Å². The molecule has 188 valence electrons. The number of hydrogen-bond acceptors (Lipinski definition) is 6. The third kappa shape index (κ3) is 4.40. The van der Waals surface area contributed by atoms with Crippen molar-refractivity contribution < 1.29 is 9.35 Å². The van der Waals surface area contributed by atoms with E-state index in [1.54, 1.807) is 11.3 Å². The van der Waals surface area contributed by atoms with Gasteiger partial charge in [-0.2, -0.15) is 0 Å². The molecule has 2 aliphatic rings. The van der Waals surface area contributed by atoms with E-state index in [0.717, 1.165) is 44.4 Å². The summed E-state index contributed by atoms with van der Waals surface area (Å²) < 4.78 is 14.0. The Morgan fingerprint density at radius 1 is 1.14 bits per heavy atom. The van der Waals surface area contributed by atoms with Crippen LogP contribution in [0.1, 0.15) is 56.8 Å². The topological polar surface area (TPSA) is 95.2 Å². The van der Waals surface area contributed by atoms with Crippen molar-refractivity contribution in [1.82, 2.24) is 14.8 Å². The first-order valence-corrected chi connectivity index (χ1v) is 14.6. The first-order valence-electron chi connectivity index (χ1n) is 11.9. The second kappa shape index (κ2) is 9.40. The first kappa shape index (κ1) is 24.4. The van der Waals surface area contributed by atoms with E-state index >= 15 is 0 Å². The molecule has 0 bridgehead atoms. The van der Waals surface area contributed by atoms with Gasteiger partial charge in [-0.25, -0.2) is 0 Å². The minimum absolute atomic E-state index is 0.102. The van der Waals surface area contributed by atoms with Crippen LogP contribution in [0, 0.1) is 20.8 Å². The number of benzene rings is 2. The zero-order valence-electron chi connectivity index (χ0n) is 20.5. The maximum absolute atomic E-state index is 13.3. The monoisotopic (exact) mass is 549 g/mol. The van der Waals surface area contributed by atoms with E-state index < -0.39 is 17.2 Å². The molecule has 7 nitrogen and oxygen atoms in total. The molecule has 0 radical (unpaired) electrons. The lowest BCUT2D eigenvalue weighted by Crippen LogP contribution is -2.17. The smallest absolute Gasteiger partial charge is 0.227 e. The Labute approximate surface area is 226 Å². The van der Waals surface area contributed by atoms with E-state index in [0.29, 0.717) is 28.0 Å². The lowest BCUT2D eigenvalue weighted by Gasteiger charge is -2.13. The molecule has 1 amide bonds. The molecule has 2 atom stereocenters. The number of aryl methyl sites for hydroxylation is 2. The summed E-state index contributed by atoms with van der Waals surface area (Å²) in [5.74, 6) is 2.32. The summed E-state index contributed by atoms with van der Waals surface area (Å²) >= 11 is 6.99. The average Bonchev–Trinajstić information content (AvgIpc) is 3.48. The minimum Gasteiger partial charge on any atom is -0.616 e. The Balaban J connectivity index is 1.39. The normalized spacial score (nSPS) is 18.0. The van der Waals surface area contributed by atoms with Crippen LogP contribution in [0.25, 0.3) is 5.00 Å². The maximum atomic E-state index is 13.3. The number of hydrogen-bond donors (Lipinski definition) is 1. The predicted octanol–water partition coefficient (Wildman–Crippen LogP) is 5.59. The van der Waals surface area contributed by atoms with Crippen molar-refractivity contribution in [2.24, 2.45) is 4.99 Å². The Hall–Kier alpha value is -2.98. The van der Waals surface area contributed by atoms with Gasteiger partial charge in [-0.3, -0.25) is 14.4 Å². The number of anilines is 1. The molecule has 0 aliphatic carbocycles. The van der Waals surface area contributed by atoms with Gasteiger partial charge in [0.25, 0.3) is 0 Å². The molecule has 2 aliphatic heterocycles. The zero-order chi connectivity index (χ0) is 25.8. The Kier molecular flexibility index (Phi) is 6.19. The fourth-order valence-corrected chi connectivity index (χ4v) is 7.58. The molecule has 37 heavy (non-hydrogen) atoms. The van der Waals surface area contributed by atoms with Crippen LogP contribution in [-0.4, -0.2) is 30.9 Å². The van der Waals surface area contributed by atoms with Crippen LogP contribution >= 0.6 is 22.9 Å². The maximum Gasteiger partial charge on any atom is 0.227 e. The van der Waals surface area contributed by atoms with Crippen molar-refractivity contribution >= 4 is 51.4 Å². The summed E-state index contributed by atoms with van der Waals surface area (Å²) in [5, 5.41) is 13.5. The number of carbonyl (C=O) groups excluding carboxylic acids is 1. The molecule has 0 fully saturated rings. The second-order valence-electron chi connectivity index (χ2n) is 9.37. The molecule has 0 spiro atoms. The Bertz CT molecular complexity index is 1570. The molecular formula is C27H24ClN5O2S2. The van der Waals surface area contributed by atoms with Crippen molar-refractivity contribution in [2.45, 2.75) is 44.7 Å². The van der Waals surface area contributed by atoms with E-state index in [1.807, 2.05) is 54.0 Å². The highest BCUT2D eigenvalue weighted by molar-refractivity contribution is 7.90. The second-order valence-corrected chi connectivity index (χ2v) is 12.5. The number of nitrogens with zero attached hydrogens (tertiary/aromatic N) is 4. The van der Waals surface area contributed by atoms with Crippen molar-refractivity contribution in [3.63, 3.8) is 0 Å². The summed E-state index contributed by atoms with van der Waals surface area (Å²) in [6, 6.07) is 12.8. The molecule has 4 heterocycles. The van der Waals surface area contributed by atoms with Gasteiger partial charge in [0.15, 0.2) is 5.82 Å². The van der Waals surface area contributed by atoms with Crippen LogP contribution in [0.4, 0.5) is 5.69 Å². The number of rotatable bonds is 4. The summed E-state index contributed by atoms with van der Waals surface area (Å²) in [4.78, 5) is 19.6. The number of halogens is 1. The lowest BCUT2D eigenvalue weighted by atomic mass is 9.99. The summed E-state index contributed by atoms with van der Waals surface area (Å²) in [6.07, 6.45) is 0.102. The van der Waals surface area contributed by atoms with Gasteiger partial charge >= 0.3 is 0 Å². The molecule has 2 aromatic heterocycles. The number of amides is 1. The number of aromatic nitrogens is 3. The third-order valence-corrected chi connectivity index (χ3v) is 9.57. The van der Waals surface area contributed by atoms with Crippen molar-refractivity contribution in [1.29, 1.82) is 0 Å². The fraction of sp³-hybridized carbons (Fsp3) is 0.259. The van der Waals surface area contributed by atoms with Crippen LogP contribution in [0.3, 0.4) is 0 Å². The quantitative estimate of drug-likeness (QED) is 0.336. The van der Waals surface area contributed by atoms with E-state index in [-0.39, 0.29) is 12.3 Å². The van der Waals surface area contributed by atoms with E-state index in [1.165, 1.54) is 4.88 Å². The molecular weight excluding hydrogens is 526 g/mol. The molecule has 0 saturated carbocycles. The van der Waals surface area contributed by atoms with Crippen molar-refractivity contribution in [3.05, 3.63) is 91.8 Å². The van der Waals surface area contributed by atoms with Gasteiger partial charge in [-0.15, -0.1) is 21.5 Å². The molecule has 0 saturated heterocycles. The SMILES string of the molecule is Cc1sc2c(c1C)C(c1ccc(Cl)cc1)=N[C@@H](CC(=O)Nc1ccc3c(c1)C[S@+]([O-])C3)c1nnc(C)n1-2. The predicted molar refractivity (Wildman–Crippen MR) is 149 cm³/mol. The van der Waals surface area contributed by atoms with Gasteiger partial charge < -0.3 is 9.87 Å². The first-order chi connectivity index (χ1) is 17.8. The minimum atomic E-state index is -0.869.